The molecule has 72 valence electrons. The summed E-state index contributed by atoms with van der Waals surface area (Å²) in [4.78, 5) is 11.4. The van der Waals surface area contributed by atoms with Gasteiger partial charge >= 0.3 is 6.09 Å². The number of hydrogen-bond acceptors (Lipinski definition) is 2. The molecule has 0 aliphatic rings. The zero-order valence-electron chi connectivity index (χ0n) is 7.53. The highest BCUT2D eigenvalue weighted by Gasteiger charge is 2.10. The number of methoxy groups -OCH3 is 1. The van der Waals surface area contributed by atoms with Gasteiger partial charge in [-0.2, -0.15) is 0 Å². The van der Waals surface area contributed by atoms with Crippen LogP contribution in [0, 0.1) is 0 Å². The molecule has 14 heavy (non-hydrogen) atoms. The number of halogens is 1. The number of rotatable bonds is 0. The zero-order chi connectivity index (χ0) is 10.1. The summed E-state index contributed by atoms with van der Waals surface area (Å²) >= 11 is 3.40. The molecule has 0 fully saturated rings. The molecule has 0 amide bonds. The summed E-state index contributed by atoms with van der Waals surface area (Å²) in [5.74, 6) is 0. The van der Waals surface area contributed by atoms with Gasteiger partial charge in [-0.15, -0.1) is 0 Å². The molecule has 0 aliphatic heterocycles. The molecule has 4 heteroatoms. The van der Waals surface area contributed by atoms with Gasteiger partial charge < -0.3 is 4.74 Å². The van der Waals surface area contributed by atoms with Crippen molar-refractivity contribution >= 4 is 32.9 Å². The fourth-order valence-electron chi connectivity index (χ4n) is 1.40. The number of ether oxygens (including phenoxy) is 1. The summed E-state index contributed by atoms with van der Waals surface area (Å²) in [7, 11) is 1.37. The third-order valence-corrected chi connectivity index (χ3v) is 2.67. The van der Waals surface area contributed by atoms with Crippen molar-refractivity contribution in [3.05, 3.63) is 34.9 Å². The molecule has 1 heterocycles. The van der Waals surface area contributed by atoms with Crippen molar-refractivity contribution < 1.29 is 9.53 Å². The maximum Gasteiger partial charge on any atom is 0.418 e. The van der Waals surface area contributed by atoms with Gasteiger partial charge in [0.05, 0.1) is 12.6 Å². The number of carbonyl (C=O) groups excluding carboxylic acids is 1. The molecule has 0 unspecified atom stereocenters. The van der Waals surface area contributed by atoms with E-state index in [4.69, 9.17) is 0 Å². The number of nitrogens with zero attached hydrogens (tertiary/aromatic N) is 1. The first-order valence-electron chi connectivity index (χ1n) is 4.08. The summed E-state index contributed by atoms with van der Waals surface area (Å²) < 4.78 is 7.01. The van der Waals surface area contributed by atoms with Crippen LogP contribution in [-0.4, -0.2) is 17.8 Å². The maximum atomic E-state index is 11.4. The highest BCUT2D eigenvalue weighted by molar-refractivity contribution is 9.10. The number of aromatic nitrogens is 1. The Hall–Kier alpha value is -1.29. The van der Waals surface area contributed by atoms with E-state index < -0.39 is 0 Å². The summed E-state index contributed by atoms with van der Waals surface area (Å²) in [5.41, 5.74) is 0.833. The van der Waals surface area contributed by atoms with Crippen molar-refractivity contribution in [2.24, 2.45) is 0 Å². The van der Waals surface area contributed by atoms with Crippen molar-refractivity contribution in [2.45, 2.75) is 0 Å². The van der Waals surface area contributed by atoms with E-state index in [9.17, 15) is 4.79 Å². The molecule has 0 aliphatic carbocycles. The molecular formula is C10H8BrNO2. The average molecular weight is 254 g/mol. The molecule has 1 aromatic heterocycles. The van der Waals surface area contributed by atoms with Crippen LogP contribution in [0.3, 0.4) is 0 Å². The van der Waals surface area contributed by atoms with Crippen LogP contribution < -0.4 is 0 Å². The van der Waals surface area contributed by atoms with Crippen molar-refractivity contribution in [3.8, 4) is 0 Å². The second-order valence-corrected chi connectivity index (χ2v) is 3.69. The number of hydrogen-bond donors (Lipinski definition) is 0. The van der Waals surface area contributed by atoms with Gasteiger partial charge in [0, 0.05) is 16.1 Å². The normalized spacial score (nSPS) is 10.4. The van der Waals surface area contributed by atoms with E-state index in [1.807, 2.05) is 24.3 Å². The standard InChI is InChI=1S/C10H8BrNO2/c1-14-10(13)12-6-5-7-3-2-4-8(11)9(7)12/h2-6H,1H3. The van der Waals surface area contributed by atoms with E-state index in [0.29, 0.717) is 0 Å². The minimum absolute atomic E-state index is 0.383. The maximum absolute atomic E-state index is 11.4. The lowest BCUT2D eigenvalue weighted by molar-refractivity contribution is 0.174. The summed E-state index contributed by atoms with van der Waals surface area (Å²) in [6.07, 6.45) is 1.31. The SMILES string of the molecule is COC(=O)n1ccc2cccc(Br)c21. The van der Waals surface area contributed by atoms with Crippen molar-refractivity contribution in [3.63, 3.8) is 0 Å². The summed E-state index contributed by atoms with van der Waals surface area (Å²) in [6, 6.07) is 7.63. The minimum Gasteiger partial charge on any atom is -0.452 e. The third kappa shape index (κ3) is 1.32. The van der Waals surface area contributed by atoms with Gasteiger partial charge in [-0.3, -0.25) is 4.57 Å². The smallest absolute Gasteiger partial charge is 0.418 e. The number of carbonyl (C=O) groups is 1. The predicted molar refractivity (Wildman–Crippen MR) is 57.4 cm³/mol. The lowest BCUT2D eigenvalue weighted by Gasteiger charge is -2.02. The van der Waals surface area contributed by atoms with Crippen molar-refractivity contribution in [1.29, 1.82) is 0 Å². The molecule has 0 saturated carbocycles. The number of benzene rings is 1. The molecule has 1 aromatic carbocycles. The van der Waals surface area contributed by atoms with Crippen molar-refractivity contribution in [2.75, 3.05) is 7.11 Å². The molecule has 0 atom stereocenters. The molecular weight excluding hydrogens is 246 g/mol. The van der Waals surface area contributed by atoms with E-state index >= 15 is 0 Å². The molecule has 3 nitrogen and oxygen atoms in total. The Balaban J connectivity index is 2.73. The Labute approximate surface area is 89.4 Å². The highest BCUT2D eigenvalue weighted by Crippen LogP contribution is 2.24. The molecule has 2 rings (SSSR count). The first-order chi connectivity index (χ1) is 6.74. The molecule has 0 spiro atoms. The molecule has 0 bridgehead atoms. The van der Waals surface area contributed by atoms with Crippen LogP contribution >= 0.6 is 15.9 Å². The van der Waals surface area contributed by atoms with E-state index in [1.165, 1.54) is 11.7 Å². The van der Waals surface area contributed by atoms with E-state index in [0.717, 1.165) is 15.4 Å². The van der Waals surface area contributed by atoms with Gasteiger partial charge in [0.25, 0.3) is 0 Å². The van der Waals surface area contributed by atoms with Crippen LogP contribution in [0.4, 0.5) is 4.79 Å². The quantitative estimate of drug-likeness (QED) is 0.723. The van der Waals surface area contributed by atoms with Crippen LogP contribution in [0.15, 0.2) is 34.9 Å². The summed E-state index contributed by atoms with van der Waals surface area (Å²) in [5, 5.41) is 1.00. The van der Waals surface area contributed by atoms with Gasteiger partial charge in [-0.05, 0) is 28.1 Å². The van der Waals surface area contributed by atoms with Crippen LogP contribution in [0.25, 0.3) is 10.9 Å². The van der Waals surface area contributed by atoms with E-state index in [1.54, 1.807) is 6.20 Å². The van der Waals surface area contributed by atoms with Gasteiger partial charge in [0.2, 0.25) is 0 Å². The second kappa shape index (κ2) is 3.46. The largest absolute Gasteiger partial charge is 0.452 e. The third-order valence-electron chi connectivity index (χ3n) is 2.03. The Kier molecular flexibility index (Phi) is 2.29. The molecule has 0 saturated heterocycles. The van der Waals surface area contributed by atoms with Crippen molar-refractivity contribution in [1.82, 2.24) is 4.57 Å². The lowest BCUT2D eigenvalue weighted by Crippen LogP contribution is -2.09. The monoisotopic (exact) mass is 253 g/mol. The Morgan fingerprint density at radius 1 is 1.43 bits per heavy atom. The average Bonchev–Trinajstić information content (AvgIpc) is 2.62. The predicted octanol–water partition coefficient (Wildman–Crippen LogP) is 3.02. The fourth-order valence-corrected chi connectivity index (χ4v) is 1.97. The second-order valence-electron chi connectivity index (χ2n) is 2.83. The van der Waals surface area contributed by atoms with Crippen LogP contribution in [0.1, 0.15) is 0 Å². The number of para-hydroxylation sites is 1. The van der Waals surface area contributed by atoms with Crippen LogP contribution in [0.5, 0.6) is 0 Å². The Morgan fingerprint density at radius 3 is 2.93 bits per heavy atom. The Morgan fingerprint density at radius 2 is 2.21 bits per heavy atom. The number of fused-ring (bicyclic) bond motifs is 1. The highest BCUT2D eigenvalue weighted by atomic mass is 79.9. The van der Waals surface area contributed by atoms with Gasteiger partial charge in [0.1, 0.15) is 0 Å². The van der Waals surface area contributed by atoms with E-state index in [-0.39, 0.29) is 6.09 Å². The van der Waals surface area contributed by atoms with E-state index in [2.05, 4.69) is 20.7 Å². The topological polar surface area (TPSA) is 31.2 Å². The Bertz CT molecular complexity index is 490. The van der Waals surface area contributed by atoms with Gasteiger partial charge in [-0.1, -0.05) is 12.1 Å². The summed E-state index contributed by atoms with van der Waals surface area (Å²) in [6.45, 7) is 0. The first-order valence-corrected chi connectivity index (χ1v) is 4.87. The zero-order valence-corrected chi connectivity index (χ0v) is 9.11. The fraction of sp³-hybridized carbons (Fsp3) is 0.100. The lowest BCUT2D eigenvalue weighted by atomic mass is 10.2. The molecule has 0 N–H and O–H groups in total. The van der Waals surface area contributed by atoms with Gasteiger partial charge in [-0.25, -0.2) is 4.79 Å². The minimum atomic E-state index is -0.383. The van der Waals surface area contributed by atoms with Gasteiger partial charge in [0.15, 0.2) is 0 Å². The van der Waals surface area contributed by atoms with Crippen LogP contribution in [-0.2, 0) is 4.74 Å². The molecule has 0 radical (unpaired) electrons. The van der Waals surface area contributed by atoms with Crippen LogP contribution in [0.2, 0.25) is 0 Å². The molecule has 2 aromatic rings. The first kappa shape index (κ1) is 9.27.